The SMILES string of the molecule is CC(C)(C)c1cc(CS[C@H]2CCCCCC[C@@H]2SCc2cc(C(C)(C)C)cc(-n3cccc3)c2O)c(O)c(-n2cccc2)c1. The van der Waals surface area contributed by atoms with Gasteiger partial charge in [-0.1, -0.05) is 79.4 Å². The van der Waals surface area contributed by atoms with Gasteiger partial charge < -0.3 is 19.3 Å². The summed E-state index contributed by atoms with van der Waals surface area (Å²) >= 11 is 4.02. The fraction of sp³-hybridized carbons (Fsp3) is 0.474. The maximum Gasteiger partial charge on any atom is 0.143 e. The van der Waals surface area contributed by atoms with E-state index < -0.39 is 0 Å². The average molecular weight is 631 g/mol. The van der Waals surface area contributed by atoms with Crippen molar-refractivity contribution in [2.45, 2.75) is 113 Å². The van der Waals surface area contributed by atoms with Gasteiger partial charge in [0.2, 0.25) is 0 Å². The van der Waals surface area contributed by atoms with Gasteiger partial charge in [-0.25, -0.2) is 0 Å². The number of hydrogen-bond acceptors (Lipinski definition) is 4. The van der Waals surface area contributed by atoms with Crippen molar-refractivity contribution in [3.05, 3.63) is 95.6 Å². The summed E-state index contributed by atoms with van der Waals surface area (Å²) in [5.41, 5.74) is 6.20. The minimum Gasteiger partial charge on any atom is -0.505 e. The van der Waals surface area contributed by atoms with E-state index in [-0.39, 0.29) is 10.8 Å². The summed E-state index contributed by atoms with van der Waals surface area (Å²) in [7, 11) is 0. The quantitative estimate of drug-likeness (QED) is 0.203. The number of rotatable bonds is 8. The number of benzene rings is 2. The molecular formula is C38H50N2O2S2. The summed E-state index contributed by atoms with van der Waals surface area (Å²) in [6.45, 7) is 13.4. The summed E-state index contributed by atoms with van der Waals surface area (Å²) < 4.78 is 4.04. The standard InChI is InChI=1S/C38H50N2O2S2/c1-37(2,3)29-21-27(35(41)31(23-29)39-17-11-12-18-39)25-43-33-15-9-7-8-10-16-34(33)44-26-28-22-30(38(4,5)6)24-32(36(28)42)40-19-13-14-20-40/h11-14,17-24,33-34,41-42H,7-10,15-16,25-26H2,1-6H3/t33-,34-/m0/s1. The Labute approximate surface area is 273 Å². The molecule has 0 spiro atoms. The lowest BCUT2D eigenvalue weighted by molar-refractivity contribution is 0.465. The van der Waals surface area contributed by atoms with Gasteiger partial charge in [-0.15, -0.1) is 0 Å². The molecule has 5 rings (SSSR count). The van der Waals surface area contributed by atoms with Crippen LogP contribution in [-0.4, -0.2) is 29.8 Å². The third-order valence-electron chi connectivity index (χ3n) is 8.88. The molecule has 1 aliphatic carbocycles. The predicted octanol–water partition coefficient (Wildman–Crippen LogP) is 10.5. The lowest BCUT2D eigenvalue weighted by atomic mass is 9.85. The Morgan fingerprint density at radius 2 is 0.955 bits per heavy atom. The number of hydrogen-bond donors (Lipinski definition) is 2. The van der Waals surface area contributed by atoms with Gasteiger partial charge in [-0.3, -0.25) is 0 Å². The lowest BCUT2D eigenvalue weighted by Gasteiger charge is -2.30. The van der Waals surface area contributed by atoms with Crippen molar-refractivity contribution in [1.29, 1.82) is 0 Å². The summed E-state index contributed by atoms with van der Waals surface area (Å²) in [5, 5.41) is 23.9. The fourth-order valence-electron chi connectivity index (χ4n) is 6.02. The Hall–Kier alpha value is -2.70. The molecule has 2 N–H and O–H groups in total. The van der Waals surface area contributed by atoms with Gasteiger partial charge in [0, 0.05) is 57.9 Å². The zero-order chi connectivity index (χ0) is 31.5. The van der Waals surface area contributed by atoms with E-state index in [1.807, 2.05) is 81.7 Å². The Balaban J connectivity index is 1.39. The van der Waals surface area contributed by atoms with Crippen LogP contribution >= 0.6 is 23.5 Å². The molecule has 0 amide bonds. The third-order valence-corrected chi connectivity index (χ3v) is 12.0. The highest BCUT2D eigenvalue weighted by atomic mass is 32.2. The number of phenolic OH excluding ortho intramolecular Hbond substituents is 2. The van der Waals surface area contributed by atoms with Crippen molar-refractivity contribution in [3.8, 4) is 22.9 Å². The zero-order valence-corrected chi connectivity index (χ0v) is 29.0. The molecule has 2 heterocycles. The number of phenols is 2. The van der Waals surface area contributed by atoms with Gasteiger partial charge in [-0.2, -0.15) is 23.5 Å². The second-order valence-corrected chi connectivity index (χ2v) is 16.8. The molecule has 0 radical (unpaired) electrons. The first-order valence-electron chi connectivity index (χ1n) is 16.1. The van der Waals surface area contributed by atoms with E-state index in [4.69, 9.17) is 0 Å². The first-order chi connectivity index (χ1) is 20.9. The van der Waals surface area contributed by atoms with Crippen LogP contribution in [0.1, 0.15) is 102 Å². The zero-order valence-electron chi connectivity index (χ0n) is 27.3. The Bertz CT molecular complexity index is 1400. The van der Waals surface area contributed by atoms with Gasteiger partial charge in [0.25, 0.3) is 0 Å². The summed E-state index contributed by atoms with van der Waals surface area (Å²) in [5.74, 6) is 2.35. The average Bonchev–Trinajstić information content (AvgIpc) is 3.68. The maximum absolute atomic E-state index is 11.5. The summed E-state index contributed by atoms with van der Waals surface area (Å²) in [4.78, 5) is 0. The highest BCUT2D eigenvalue weighted by molar-refractivity contribution is 8.03. The maximum atomic E-state index is 11.5. The Morgan fingerprint density at radius 3 is 1.30 bits per heavy atom. The van der Waals surface area contributed by atoms with Crippen LogP contribution < -0.4 is 0 Å². The van der Waals surface area contributed by atoms with E-state index in [2.05, 4.69) is 65.8 Å². The molecule has 2 aromatic heterocycles. The van der Waals surface area contributed by atoms with Crippen LogP contribution in [0.25, 0.3) is 11.4 Å². The molecule has 0 aliphatic heterocycles. The van der Waals surface area contributed by atoms with Crippen LogP contribution in [-0.2, 0) is 22.3 Å². The van der Waals surface area contributed by atoms with E-state index in [9.17, 15) is 10.2 Å². The molecule has 0 unspecified atom stereocenters. The molecule has 236 valence electrons. The van der Waals surface area contributed by atoms with E-state index in [0.717, 1.165) is 34.0 Å². The van der Waals surface area contributed by atoms with Crippen molar-refractivity contribution >= 4 is 23.5 Å². The smallest absolute Gasteiger partial charge is 0.143 e. The molecule has 4 nitrogen and oxygen atoms in total. The van der Waals surface area contributed by atoms with Gasteiger partial charge in [0.05, 0.1) is 11.4 Å². The molecule has 6 heteroatoms. The molecule has 0 bridgehead atoms. The monoisotopic (exact) mass is 630 g/mol. The first-order valence-corrected chi connectivity index (χ1v) is 18.2. The Kier molecular flexibility index (Phi) is 10.2. The number of aromatic nitrogens is 2. The van der Waals surface area contributed by atoms with Gasteiger partial charge in [0.1, 0.15) is 11.5 Å². The molecule has 2 atom stereocenters. The van der Waals surface area contributed by atoms with E-state index >= 15 is 0 Å². The predicted molar refractivity (Wildman–Crippen MR) is 190 cm³/mol. The normalized spacial score (nSPS) is 18.2. The van der Waals surface area contributed by atoms with E-state index in [1.165, 1.54) is 49.7 Å². The fourth-order valence-corrected chi connectivity index (χ4v) is 9.08. The second-order valence-electron chi connectivity index (χ2n) is 14.4. The number of thioether (sulfide) groups is 2. The third kappa shape index (κ3) is 7.74. The second kappa shape index (κ2) is 13.7. The van der Waals surface area contributed by atoms with Crippen LogP contribution in [0, 0.1) is 0 Å². The lowest BCUT2D eigenvalue weighted by Crippen LogP contribution is -2.22. The van der Waals surface area contributed by atoms with Crippen LogP contribution in [0.3, 0.4) is 0 Å². The molecule has 1 fully saturated rings. The first kappa shape index (κ1) is 32.7. The molecule has 44 heavy (non-hydrogen) atoms. The Morgan fingerprint density at radius 1 is 0.591 bits per heavy atom. The van der Waals surface area contributed by atoms with Crippen molar-refractivity contribution in [2.75, 3.05) is 0 Å². The topological polar surface area (TPSA) is 50.3 Å². The van der Waals surface area contributed by atoms with Gasteiger partial charge in [-0.05, 0) is 71.2 Å². The van der Waals surface area contributed by atoms with Gasteiger partial charge in [0.15, 0.2) is 0 Å². The van der Waals surface area contributed by atoms with Crippen molar-refractivity contribution in [1.82, 2.24) is 9.13 Å². The summed E-state index contributed by atoms with van der Waals surface area (Å²) in [6.07, 6.45) is 15.5. The highest BCUT2D eigenvalue weighted by Gasteiger charge is 2.27. The van der Waals surface area contributed by atoms with Crippen molar-refractivity contribution in [2.24, 2.45) is 0 Å². The minimum absolute atomic E-state index is 0.0171. The molecule has 4 aromatic rings. The molecule has 0 saturated heterocycles. The molecule has 2 aromatic carbocycles. The van der Waals surface area contributed by atoms with Crippen LogP contribution in [0.5, 0.6) is 11.5 Å². The van der Waals surface area contributed by atoms with Crippen LogP contribution in [0.2, 0.25) is 0 Å². The van der Waals surface area contributed by atoms with Gasteiger partial charge >= 0.3 is 0 Å². The van der Waals surface area contributed by atoms with Crippen LogP contribution in [0.15, 0.2) is 73.3 Å². The van der Waals surface area contributed by atoms with Crippen molar-refractivity contribution < 1.29 is 10.2 Å². The molecule has 1 saturated carbocycles. The summed E-state index contributed by atoms with van der Waals surface area (Å²) in [6, 6.07) is 16.7. The molecular weight excluding hydrogens is 581 g/mol. The number of aromatic hydroxyl groups is 2. The van der Waals surface area contributed by atoms with Crippen LogP contribution in [0.4, 0.5) is 0 Å². The van der Waals surface area contributed by atoms with E-state index in [1.54, 1.807) is 0 Å². The molecule has 1 aliphatic rings. The van der Waals surface area contributed by atoms with E-state index in [0.29, 0.717) is 22.0 Å². The minimum atomic E-state index is -0.0171. The highest BCUT2D eigenvalue weighted by Crippen LogP contribution is 2.42. The number of nitrogens with zero attached hydrogens (tertiary/aromatic N) is 2. The largest absolute Gasteiger partial charge is 0.505 e. The van der Waals surface area contributed by atoms with Crippen molar-refractivity contribution in [3.63, 3.8) is 0 Å².